The lowest BCUT2D eigenvalue weighted by Crippen LogP contribution is -2.06. The fourth-order valence-electron chi connectivity index (χ4n) is 1.77. The number of aromatic carboxylic acids is 1. The number of fused-ring (bicyclic) bond motifs is 1. The summed E-state index contributed by atoms with van der Waals surface area (Å²) in [7, 11) is 0. The predicted octanol–water partition coefficient (Wildman–Crippen LogP) is 3.32. The van der Waals surface area contributed by atoms with Gasteiger partial charge in [0.05, 0.1) is 28.6 Å². The Hall–Kier alpha value is -2.32. The third-order valence-corrected chi connectivity index (χ3v) is 3.56. The fraction of sp³-hybridized carbons (Fsp3) is 0. The quantitative estimate of drug-likeness (QED) is 0.768. The molecule has 0 radical (unpaired) electrons. The zero-order valence-electron chi connectivity index (χ0n) is 10.2. The number of nitrogens with one attached hydrogen (secondary N) is 1. The number of benzene rings is 1. The molecule has 0 unspecified atom stereocenters. The van der Waals surface area contributed by atoms with Crippen LogP contribution < -0.4 is 5.32 Å². The number of carboxylic acids is 1. The highest BCUT2D eigenvalue weighted by molar-refractivity contribution is 7.00. The molecule has 0 fully saturated rings. The lowest BCUT2D eigenvalue weighted by Gasteiger charge is -2.10. The Morgan fingerprint density at radius 1 is 1.38 bits per heavy atom. The maximum atomic E-state index is 13.1. The van der Waals surface area contributed by atoms with E-state index in [0.29, 0.717) is 21.7 Å². The summed E-state index contributed by atoms with van der Waals surface area (Å²) in [6, 6.07) is 4.19. The first-order valence-electron chi connectivity index (χ1n) is 5.63. The van der Waals surface area contributed by atoms with Crippen LogP contribution in [0.3, 0.4) is 0 Å². The molecule has 6 nitrogen and oxygen atoms in total. The SMILES string of the molecule is O=C(O)c1cc(F)cnc1Nc1c(Cl)ccc2nsnc12. The van der Waals surface area contributed by atoms with E-state index in [1.54, 1.807) is 12.1 Å². The maximum absolute atomic E-state index is 13.1. The van der Waals surface area contributed by atoms with E-state index >= 15 is 0 Å². The van der Waals surface area contributed by atoms with Crippen LogP contribution in [0.15, 0.2) is 24.4 Å². The second-order valence-electron chi connectivity index (χ2n) is 4.03. The van der Waals surface area contributed by atoms with Crippen molar-refractivity contribution in [1.82, 2.24) is 13.7 Å². The van der Waals surface area contributed by atoms with Gasteiger partial charge in [-0.25, -0.2) is 14.2 Å². The summed E-state index contributed by atoms with van der Waals surface area (Å²) in [4.78, 5) is 14.9. The second kappa shape index (κ2) is 5.23. The van der Waals surface area contributed by atoms with Crippen molar-refractivity contribution in [2.75, 3.05) is 5.32 Å². The number of halogens is 2. The van der Waals surface area contributed by atoms with E-state index in [0.717, 1.165) is 24.0 Å². The van der Waals surface area contributed by atoms with Crippen LogP contribution in [-0.2, 0) is 0 Å². The largest absolute Gasteiger partial charge is 0.478 e. The molecule has 2 N–H and O–H groups in total. The summed E-state index contributed by atoms with van der Waals surface area (Å²) >= 11 is 7.10. The molecule has 9 heteroatoms. The lowest BCUT2D eigenvalue weighted by atomic mass is 10.2. The maximum Gasteiger partial charge on any atom is 0.339 e. The minimum Gasteiger partial charge on any atom is -0.478 e. The van der Waals surface area contributed by atoms with Crippen molar-refractivity contribution in [3.63, 3.8) is 0 Å². The zero-order chi connectivity index (χ0) is 15.0. The molecule has 2 aromatic heterocycles. The van der Waals surface area contributed by atoms with Crippen molar-refractivity contribution in [2.45, 2.75) is 0 Å². The molecule has 1 aromatic carbocycles. The molecule has 0 spiro atoms. The molecule has 2 heterocycles. The summed E-state index contributed by atoms with van der Waals surface area (Å²) in [6.45, 7) is 0. The third kappa shape index (κ3) is 2.50. The van der Waals surface area contributed by atoms with Gasteiger partial charge in [-0.15, -0.1) is 0 Å². The summed E-state index contributed by atoms with van der Waals surface area (Å²) in [5.41, 5.74) is 1.19. The number of pyridine rings is 1. The van der Waals surface area contributed by atoms with E-state index in [2.05, 4.69) is 19.0 Å². The number of carbonyl (C=O) groups is 1. The van der Waals surface area contributed by atoms with Crippen LogP contribution in [0, 0.1) is 5.82 Å². The normalized spacial score (nSPS) is 10.8. The zero-order valence-corrected chi connectivity index (χ0v) is 11.7. The third-order valence-electron chi connectivity index (χ3n) is 2.71. The molecule has 0 atom stereocenters. The molecule has 106 valence electrons. The Kier molecular flexibility index (Phi) is 3.40. The lowest BCUT2D eigenvalue weighted by molar-refractivity contribution is 0.0697. The molecule has 0 aliphatic heterocycles. The van der Waals surface area contributed by atoms with Gasteiger partial charge in [0.25, 0.3) is 0 Å². The number of rotatable bonds is 3. The first kappa shape index (κ1) is 13.7. The van der Waals surface area contributed by atoms with Gasteiger partial charge in [-0.3, -0.25) is 0 Å². The minimum absolute atomic E-state index is 0.0219. The van der Waals surface area contributed by atoms with Crippen molar-refractivity contribution in [1.29, 1.82) is 0 Å². The molecule has 0 saturated heterocycles. The highest BCUT2D eigenvalue weighted by Gasteiger charge is 2.16. The number of nitrogens with zero attached hydrogens (tertiary/aromatic N) is 3. The van der Waals surface area contributed by atoms with Crippen LogP contribution in [0.5, 0.6) is 0 Å². The highest BCUT2D eigenvalue weighted by Crippen LogP contribution is 2.32. The smallest absolute Gasteiger partial charge is 0.339 e. The van der Waals surface area contributed by atoms with Crippen LogP contribution in [0.25, 0.3) is 11.0 Å². The molecule has 0 saturated carbocycles. The van der Waals surface area contributed by atoms with Gasteiger partial charge < -0.3 is 10.4 Å². The molecule has 3 aromatic rings. The van der Waals surface area contributed by atoms with Gasteiger partial charge in [0.2, 0.25) is 0 Å². The van der Waals surface area contributed by atoms with E-state index in [-0.39, 0.29) is 11.4 Å². The number of aromatic nitrogens is 3. The monoisotopic (exact) mass is 324 g/mol. The van der Waals surface area contributed by atoms with Crippen molar-refractivity contribution in [3.05, 3.63) is 40.8 Å². The Labute approximate surface area is 126 Å². The van der Waals surface area contributed by atoms with Crippen LogP contribution >= 0.6 is 23.3 Å². The molecule has 0 amide bonds. The van der Waals surface area contributed by atoms with Crippen molar-refractivity contribution >= 4 is 51.8 Å². The molecule has 3 rings (SSSR count). The van der Waals surface area contributed by atoms with Crippen LogP contribution in [-0.4, -0.2) is 24.8 Å². The Morgan fingerprint density at radius 3 is 2.95 bits per heavy atom. The van der Waals surface area contributed by atoms with Gasteiger partial charge in [0.15, 0.2) is 0 Å². The summed E-state index contributed by atoms with van der Waals surface area (Å²) < 4.78 is 21.3. The number of hydrogen-bond donors (Lipinski definition) is 2. The van der Waals surface area contributed by atoms with Gasteiger partial charge in [0.1, 0.15) is 28.2 Å². The number of hydrogen-bond acceptors (Lipinski definition) is 6. The van der Waals surface area contributed by atoms with E-state index in [9.17, 15) is 9.18 Å². The van der Waals surface area contributed by atoms with Crippen LogP contribution in [0.2, 0.25) is 5.02 Å². The van der Waals surface area contributed by atoms with Crippen LogP contribution in [0.1, 0.15) is 10.4 Å². The van der Waals surface area contributed by atoms with Gasteiger partial charge in [0, 0.05) is 0 Å². The second-order valence-corrected chi connectivity index (χ2v) is 4.97. The van der Waals surface area contributed by atoms with E-state index in [1.807, 2.05) is 0 Å². The standard InChI is InChI=1S/C12H6ClFN4O2S/c13-7-1-2-8-10(18-21-17-8)9(7)16-11-6(12(19)20)3-5(14)4-15-11/h1-4H,(H,15,16)(H,19,20). The van der Waals surface area contributed by atoms with Crippen molar-refractivity contribution in [2.24, 2.45) is 0 Å². The first-order valence-corrected chi connectivity index (χ1v) is 6.73. The van der Waals surface area contributed by atoms with Gasteiger partial charge in [-0.1, -0.05) is 11.6 Å². The first-order chi connectivity index (χ1) is 10.1. The average molecular weight is 325 g/mol. The number of carboxylic acid groups (broad SMARTS) is 1. The molecule has 0 aliphatic rings. The molecule has 0 bridgehead atoms. The molecule has 0 aliphatic carbocycles. The van der Waals surface area contributed by atoms with Crippen molar-refractivity contribution in [3.8, 4) is 0 Å². The minimum atomic E-state index is -1.30. The topological polar surface area (TPSA) is 88.0 Å². The highest BCUT2D eigenvalue weighted by atomic mass is 35.5. The Bertz CT molecular complexity index is 854. The van der Waals surface area contributed by atoms with Gasteiger partial charge in [-0.2, -0.15) is 8.75 Å². The summed E-state index contributed by atoms with van der Waals surface area (Å²) in [5.74, 6) is -2.06. The Morgan fingerprint density at radius 2 is 2.19 bits per heavy atom. The predicted molar refractivity (Wildman–Crippen MR) is 76.9 cm³/mol. The molecular weight excluding hydrogens is 319 g/mol. The van der Waals surface area contributed by atoms with Gasteiger partial charge in [-0.05, 0) is 18.2 Å². The summed E-state index contributed by atoms with van der Waals surface area (Å²) in [5, 5.41) is 12.2. The molecular formula is C12H6ClFN4O2S. The van der Waals surface area contributed by atoms with E-state index in [1.165, 1.54) is 0 Å². The molecule has 21 heavy (non-hydrogen) atoms. The van der Waals surface area contributed by atoms with Crippen LogP contribution in [0.4, 0.5) is 15.9 Å². The fourth-order valence-corrected chi connectivity index (χ4v) is 2.51. The summed E-state index contributed by atoms with van der Waals surface area (Å²) in [6.07, 6.45) is 0.919. The average Bonchev–Trinajstić information content (AvgIpc) is 2.92. The van der Waals surface area contributed by atoms with Crippen molar-refractivity contribution < 1.29 is 14.3 Å². The number of anilines is 2. The van der Waals surface area contributed by atoms with E-state index in [4.69, 9.17) is 16.7 Å². The van der Waals surface area contributed by atoms with Gasteiger partial charge >= 0.3 is 5.97 Å². The Balaban J connectivity index is 2.13. The van der Waals surface area contributed by atoms with E-state index < -0.39 is 11.8 Å².